The lowest BCUT2D eigenvalue weighted by molar-refractivity contribution is 0.102. The minimum absolute atomic E-state index is 0.260. The van der Waals surface area contributed by atoms with E-state index in [2.05, 4.69) is 20.3 Å². The molecule has 0 saturated heterocycles. The molecule has 0 aliphatic heterocycles. The zero-order valence-corrected chi connectivity index (χ0v) is 16.0. The van der Waals surface area contributed by atoms with Crippen LogP contribution in [0.15, 0.2) is 42.6 Å². The number of nitrogens with one attached hydrogen (secondary N) is 2. The zero-order chi connectivity index (χ0) is 20.5. The first-order valence-corrected chi connectivity index (χ1v) is 9.49. The normalized spacial score (nSPS) is 11.3. The number of benzene rings is 2. The molecule has 0 aliphatic rings. The molecular formula is C20H15F3N4OS. The van der Waals surface area contributed by atoms with E-state index in [4.69, 9.17) is 0 Å². The molecule has 29 heavy (non-hydrogen) atoms. The molecule has 2 aromatic heterocycles. The monoisotopic (exact) mass is 416 g/mol. The summed E-state index contributed by atoms with van der Waals surface area (Å²) in [6, 6.07) is 9.54. The Morgan fingerprint density at radius 3 is 2.83 bits per heavy atom. The Hall–Kier alpha value is -3.20. The van der Waals surface area contributed by atoms with E-state index < -0.39 is 18.2 Å². The first-order valence-electron chi connectivity index (χ1n) is 8.68. The molecule has 4 aromatic rings. The van der Waals surface area contributed by atoms with E-state index >= 15 is 0 Å². The number of aryl methyl sites for hydroxylation is 1. The van der Waals surface area contributed by atoms with Crippen LogP contribution in [0, 0.1) is 12.7 Å². The van der Waals surface area contributed by atoms with Gasteiger partial charge in [-0.1, -0.05) is 12.1 Å². The quantitative estimate of drug-likeness (QED) is 0.467. The number of rotatable bonds is 5. The highest BCUT2D eigenvalue weighted by Crippen LogP contribution is 2.24. The summed E-state index contributed by atoms with van der Waals surface area (Å²) in [5.41, 5.74) is 2.40. The van der Waals surface area contributed by atoms with Crippen molar-refractivity contribution >= 4 is 33.4 Å². The lowest BCUT2D eigenvalue weighted by Crippen LogP contribution is -2.11. The predicted octanol–water partition coefficient (Wildman–Crippen LogP) is 5.25. The van der Waals surface area contributed by atoms with Gasteiger partial charge in [0.1, 0.15) is 5.82 Å². The standard InChI is InChI=1S/C20H15F3N4OS/c1-10-2-3-11(7-14(10)21)6-13-9-24-20(29-13)27-19(28)12-4-5-15-16(8-12)26-18(25-15)17(22)23/h2-5,7-9,17H,6H2,1H3,(H,25,26)(H,24,27,28). The fraction of sp³-hybridized carbons (Fsp3) is 0.150. The fourth-order valence-corrected chi connectivity index (χ4v) is 3.68. The van der Waals surface area contributed by atoms with Gasteiger partial charge >= 0.3 is 0 Å². The predicted molar refractivity (Wildman–Crippen MR) is 105 cm³/mol. The Morgan fingerprint density at radius 1 is 1.24 bits per heavy atom. The molecule has 2 aromatic carbocycles. The molecule has 2 N–H and O–H groups in total. The molecule has 0 aliphatic carbocycles. The van der Waals surface area contributed by atoms with Crippen LogP contribution in [0.1, 0.15) is 38.6 Å². The first-order chi connectivity index (χ1) is 13.9. The Morgan fingerprint density at radius 2 is 2.07 bits per heavy atom. The molecule has 9 heteroatoms. The smallest absolute Gasteiger partial charge is 0.295 e. The van der Waals surface area contributed by atoms with Crippen LogP contribution >= 0.6 is 11.3 Å². The van der Waals surface area contributed by atoms with Gasteiger partial charge in [-0.2, -0.15) is 0 Å². The summed E-state index contributed by atoms with van der Waals surface area (Å²) < 4.78 is 39.2. The average Bonchev–Trinajstić information content (AvgIpc) is 3.30. The van der Waals surface area contributed by atoms with Crippen LogP contribution in [0.4, 0.5) is 18.3 Å². The number of amides is 1. The zero-order valence-electron chi connectivity index (χ0n) is 15.2. The largest absolute Gasteiger partial charge is 0.337 e. The van der Waals surface area contributed by atoms with Gasteiger partial charge in [0.2, 0.25) is 0 Å². The molecule has 4 rings (SSSR count). The number of H-pyrrole nitrogens is 1. The number of hydrogen-bond acceptors (Lipinski definition) is 4. The topological polar surface area (TPSA) is 70.7 Å². The molecule has 5 nitrogen and oxygen atoms in total. The summed E-state index contributed by atoms with van der Waals surface area (Å²) >= 11 is 1.29. The maximum Gasteiger partial charge on any atom is 0.295 e. The minimum atomic E-state index is -2.71. The molecule has 0 radical (unpaired) electrons. The molecule has 0 unspecified atom stereocenters. The number of aromatic nitrogens is 3. The number of halogens is 3. The van der Waals surface area contributed by atoms with Gasteiger partial charge in [-0.25, -0.2) is 23.1 Å². The Bertz CT molecular complexity index is 1200. The summed E-state index contributed by atoms with van der Waals surface area (Å²) in [6.07, 6.45) is -0.581. The van der Waals surface area contributed by atoms with Crippen molar-refractivity contribution in [3.63, 3.8) is 0 Å². The van der Waals surface area contributed by atoms with Crippen LogP contribution in [0.2, 0.25) is 0 Å². The summed E-state index contributed by atoms with van der Waals surface area (Å²) in [4.78, 5) is 23.8. The lowest BCUT2D eigenvalue weighted by Gasteiger charge is -2.02. The van der Waals surface area contributed by atoms with Gasteiger partial charge in [-0.15, -0.1) is 11.3 Å². The van der Waals surface area contributed by atoms with Crippen LogP contribution < -0.4 is 5.32 Å². The SMILES string of the molecule is Cc1ccc(Cc2cnc(NC(=O)c3ccc4nc(C(F)F)[nH]c4c3)s2)cc1F. The van der Waals surface area contributed by atoms with Gasteiger partial charge in [0, 0.05) is 23.1 Å². The van der Waals surface area contributed by atoms with Gasteiger partial charge in [0.25, 0.3) is 12.3 Å². The number of imidazole rings is 1. The van der Waals surface area contributed by atoms with Crippen molar-refractivity contribution in [3.05, 3.63) is 75.8 Å². The number of alkyl halides is 2. The van der Waals surface area contributed by atoms with E-state index in [1.165, 1.54) is 35.6 Å². The van der Waals surface area contributed by atoms with Crippen LogP contribution in [0.5, 0.6) is 0 Å². The molecule has 0 fully saturated rings. The van der Waals surface area contributed by atoms with Crippen LogP contribution in [-0.2, 0) is 6.42 Å². The molecule has 0 saturated carbocycles. The van der Waals surface area contributed by atoms with Gasteiger partial charge < -0.3 is 4.98 Å². The van der Waals surface area contributed by atoms with Crippen molar-refractivity contribution in [1.29, 1.82) is 0 Å². The summed E-state index contributed by atoms with van der Waals surface area (Å²) in [5, 5.41) is 3.09. The van der Waals surface area contributed by atoms with E-state index in [1.807, 2.05) is 6.07 Å². The summed E-state index contributed by atoms with van der Waals surface area (Å²) in [5.74, 6) is -1.11. The summed E-state index contributed by atoms with van der Waals surface area (Å²) in [6.45, 7) is 1.70. The molecule has 0 atom stereocenters. The number of anilines is 1. The van der Waals surface area contributed by atoms with Crippen molar-refractivity contribution in [2.24, 2.45) is 0 Å². The third kappa shape index (κ3) is 4.14. The van der Waals surface area contributed by atoms with Crippen LogP contribution in [0.3, 0.4) is 0 Å². The number of hydrogen-bond donors (Lipinski definition) is 2. The van der Waals surface area contributed by atoms with Crippen molar-refractivity contribution in [2.75, 3.05) is 5.32 Å². The van der Waals surface area contributed by atoms with Crippen molar-refractivity contribution in [2.45, 2.75) is 19.8 Å². The lowest BCUT2D eigenvalue weighted by atomic mass is 10.1. The highest BCUT2D eigenvalue weighted by atomic mass is 32.1. The number of aromatic amines is 1. The maximum absolute atomic E-state index is 13.7. The number of carbonyl (C=O) groups excluding carboxylic acids is 1. The van der Waals surface area contributed by atoms with Gasteiger partial charge in [0.15, 0.2) is 11.0 Å². The molecular weight excluding hydrogens is 401 g/mol. The molecule has 148 valence electrons. The van der Waals surface area contributed by atoms with Gasteiger partial charge in [-0.3, -0.25) is 10.1 Å². The highest BCUT2D eigenvalue weighted by molar-refractivity contribution is 7.15. The van der Waals surface area contributed by atoms with Crippen LogP contribution in [0.25, 0.3) is 11.0 Å². The van der Waals surface area contributed by atoms with E-state index in [9.17, 15) is 18.0 Å². The maximum atomic E-state index is 13.7. The third-order valence-electron chi connectivity index (χ3n) is 4.36. The Balaban J connectivity index is 1.47. The van der Waals surface area contributed by atoms with Gasteiger partial charge in [-0.05, 0) is 42.3 Å². The van der Waals surface area contributed by atoms with E-state index in [0.717, 1.165) is 10.4 Å². The molecule has 2 heterocycles. The van der Waals surface area contributed by atoms with E-state index in [-0.39, 0.29) is 5.82 Å². The van der Waals surface area contributed by atoms with Crippen molar-refractivity contribution < 1.29 is 18.0 Å². The fourth-order valence-electron chi connectivity index (χ4n) is 2.84. The average molecular weight is 416 g/mol. The van der Waals surface area contributed by atoms with Crippen molar-refractivity contribution in [1.82, 2.24) is 15.0 Å². The van der Waals surface area contributed by atoms with E-state index in [1.54, 1.807) is 19.2 Å². The second-order valence-electron chi connectivity index (χ2n) is 6.50. The van der Waals surface area contributed by atoms with Crippen LogP contribution in [-0.4, -0.2) is 20.9 Å². The first kappa shape index (κ1) is 19.1. The number of carbonyl (C=O) groups is 1. The Kier molecular flexibility index (Phi) is 5.06. The second kappa shape index (κ2) is 7.67. The third-order valence-corrected chi connectivity index (χ3v) is 5.27. The molecule has 1 amide bonds. The number of nitrogens with zero attached hydrogens (tertiary/aromatic N) is 2. The Labute approximate surface area is 167 Å². The van der Waals surface area contributed by atoms with E-state index in [0.29, 0.717) is 33.7 Å². The molecule has 0 spiro atoms. The summed E-state index contributed by atoms with van der Waals surface area (Å²) in [7, 11) is 0. The van der Waals surface area contributed by atoms with Crippen molar-refractivity contribution in [3.8, 4) is 0 Å². The number of fused-ring (bicyclic) bond motifs is 1. The highest BCUT2D eigenvalue weighted by Gasteiger charge is 2.15. The molecule has 0 bridgehead atoms. The minimum Gasteiger partial charge on any atom is -0.337 e. The second-order valence-corrected chi connectivity index (χ2v) is 7.62. The van der Waals surface area contributed by atoms with Gasteiger partial charge in [0.05, 0.1) is 11.0 Å². The number of thiazole rings is 1.